The van der Waals surface area contributed by atoms with Crippen molar-refractivity contribution in [2.24, 2.45) is 0 Å². The Morgan fingerprint density at radius 3 is 0.941 bits per heavy atom. The molecule has 34 heavy (non-hydrogen) atoms. The first kappa shape index (κ1) is 33.9. The van der Waals surface area contributed by atoms with E-state index in [9.17, 15) is 14.4 Å². The number of hydrogen-bond donors (Lipinski definition) is 2. The van der Waals surface area contributed by atoms with Crippen molar-refractivity contribution in [2.45, 2.75) is 181 Å². The van der Waals surface area contributed by atoms with Crippen LogP contribution in [0, 0.1) is 0 Å². The van der Waals surface area contributed by atoms with Gasteiger partial charge in [0.05, 0.1) is 0 Å². The molecular weight excluding hydrogens is 439 g/mol. The Labute approximate surface area is 214 Å². The Morgan fingerprint density at radius 2 is 0.706 bits per heavy atom. The molecule has 0 aromatic rings. The summed E-state index contributed by atoms with van der Waals surface area (Å²) in [5.41, 5.74) is 0.993. The zero-order valence-corrected chi connectivity index (χ0v) is 24.1. The lowest BCUT2D eigenvalue weighted by molar-refractivity contribution is 0.385. The van der Waals surface area contributed by atoms with Gasteiger partial charge in [-0.2, -0.15) is 0 Å². The first-order valence-corrected chi connectivity index (χ1v) is 16.9. The molecule has 0 saturated heterocycles. The van der Waals surface area contributed by atoms with Crippen LogP contribution in [-0.2, 0) is 4.57 Å². The van der Waals surface area contributed by atoms with Crippen LogP contribution in [0.3, 0.4) is 0 Å². The largest absolute Gasteiger partial charge is 0.349 e. The van der Waals surface area contributed by atoms with Crippen molar-refractivity contribution in [2.75, 3.05) is 0 Å². The van der Waals surface area contributed by atoms with E-state index in [0.717, 1.165) is 31.3 Å². The summed E-state index contributed by atoms with van der Waals surface area (Å²) in [5.74, 6) is 1.27. The SMILES string of the molecule is CCCCCCCCCCCCCCC(=CP(=O)(O)O)CCCCCCCCCCCCCC. The average Bonchev–Trinajstić information content (AvgIpc) is 2.79. The molecule has 0 aliphatic rings. The number of unbranched alkanes of at least 4 members (excludes halogenated alkanes) is 22. The van der Waals surface area contributed by atoms with Gasteiger partial charge >= 0.3 is 7.60 Å². The third-order valence-corrected chi connectivity index (χ3v) is 7.76. The van der Waals surface area contributed by atoms with Crippen molar-refractivity contribution in [3.63, 3.8) is 0 Å². The minimum atomic E-state index is -4.05. The summed E-state index contributed by atoms with van der Waals surface area (Å²) in [6, 6.07) is 0. The molecule has 0 unspecified atom stereocenters. The van der Waals surface area contributed by atoms with Crippen LogP contribution < -0.4 is 0 Å². The predicted molar refractivity (Wildman–Crippen MR) is 152 cm³/mol. The van der Waals surface area contributed by atoms with E-state index in [2.05, 4.69) is 13.8 Å². The summed E-state index contributed by atoms with van der Waals surface area (Å²) in [6.07, 6.45) is 33.4. The van der Waals surface area contributed by atoms with E-state index in [1.807, 2.05) is 0 Å². The molecule has 0 aliphatic carbocycles. The van der Waals surface area contributed by atoms with Gasteiger partial charge in [0.1, 0.15) is 0 Å². The first-order valence-electron chi connectivity index (χ1n) is 15.3. The molecule has 0 aromatic heterocycles. The van der Waals surface area contributed by atoms with Crippen molar-refractivity contribution >= 4 is 7.60 Å². The smallest absolute Gasteiger partial charge is 0.321 e. The molecule has 0 amide bonds. The van der Waals surface area contributed by atoms with Gasteiger partial charge in [0.2, 0.25) is 0 Å². The maximum Gasteiger partial charge on any atom is 0.349 e. The molecule has 0 bridgehead atoms. The van der Waals surface area contributed by atoms with E-state index in [4.69, 9.17) is 0 Å². The van der Waals surface area contributed by atoms with Crippen molar-refractivity contribution < 1.29 is 14.4 Å². The molecule has 0 aromatic carbocycles. The van der Waals surface area contributed by atoms with E-state index in [1.165, 1.54) is 147 Å². The minimum Gasteiger partial charge on any atom is -0.321 e. The summed E-state index contributed by atoms with van der Waals surface area (Å²) in [7, 11) is -4.05. The highest BCUT2D eigenvalue weighted by Crippen LogP contribution is 2.39. The zero-order valence-electron chi connectivity index (χ0n) is 23.2. The molecule has 0 radical (unpaired) electrons. The third kappa shape index (κ3) is 28.1. The fourth-order valence-electron chi connectivity index (χ4n) is 4.88. The molecule has 0 saturated carbocycles. The van der Waals surface area contributed by atoms with Gasteiger partial charge in [-0.3, -0.25) is 4.57 Å². The molecule has 0 aliphatic heterocycles. The monoisotopic (exact) mass is 500 g/mol. The molecule has 0 rings (SSSR count). The van der Waals surface area contributed by atoms with Gasteiger partial charge in [0.25, 0.3) is 0 Å². The van der Waals surface area contributed by atoms with Crippen molar-refractivity contribution in [1.82, 2.24) is 0 Å². The van der Waals surface area contributed by atoms with Crippen LogP contribution in [0.25, 0.3) is 0 Å². The maximum atomic E-state index is 11.5. The lowest BCUT2D eigenvalue weighted by Gasteiger charge is -2.09. The van der Waals surface area contributed by atoms with E-state index in [0.29, 0.717) is 0 Å². The summed E-state index contributed by atoms with van der Waals surface area (Å²) in [6.45, 7) is 4.54. The standard InChI is InChI=1S/C30H61O3P/c1-3-5-7-9-11-13-15-17-19-21-23-25-27-30(29-34(31,32)33)28-26-24-22-20-18-16-14-12-10-8-6-4-2/h29H,3-28H2,1-2H3,(H2,31,32,33). The van der Waals surface area contributed by atoms with E-state index in [-0.39, 0.29) is 0 Å². The molecule has 0 spiro atoms. The molecule has 0 fully saturated rings. The summed E-state index contributed by atoms with van der Waals surface area (Å²) in [4.78, 5) is 18.8. The minimum absolute atomic E-state index is 0.862. The van der Waals surface area contributed by atoms with Gasteiger partial charge < -0.3 is 9.79 Å². The number of allylic oxidation sites excluding steroid dienone is 1. The first-order chi connectivity index (χ1) is 16.5. The Bertz CT molecular complexity index is 453. The summed E-state index contributed by atoms with van der Waals surface area (Å²) < 4.78 is 11.5. The van der Waals surface area contributed by atoms with Crippen LogP contribution in [0.15, 0.2) is 11.4 Å². The Kier molecular flexibility index (Phi) is 25.9. The van der Waals surface area contributed by atoms with Crippen LogP contribution >= 0.6 is 7.60 Å². The maximum absolute atomic E-state index is 11.5. The third-order valence-electron chi connectivity index (χ3n) is 7.05. The van der Waals surface area contributed by atoms with Crippen LogP contribution in [0.4, 0.5) is 0 Å². The second-order valence-corrected chi connectivity index (χ2v) is 12.1. The number of rotatable bonds is 27. The molecule has 0 atom stereocenters. The van der Waals surface area contributed by atoms with E-state index < -0.39 is 7.60 Å². The van der Waals surface area contributed by atoms with Gasteiger partial charge in [-0.15, -0.1) is 0 Å². The normalized spacial score (nSPS) is 11.8. The van der Waals surface area contributed by atoms with Crippen LogP contribution in [0.1, 0.15) is 181 Å². The Morgan fingerprint density at radius 1 is 0.471 bits per heavy atom. The zero-order chi connectivity index (χ0) is 25.2. The van der Waals surface area contributed by atoms with Gasteiger partial charge in [-0.05, 0) is 25.7 Å². The number of hydrogen-bond acceptors (Lipinski definition) is 1. The molecule has 3 nitrogen and oxygen atoms in total. The Hall–Kier alpha value is -0.110. The fraction of sp³-hybridized carbons (Fsp3) is 0.933. The molecule has 204 valence electrons. The van der Waals surface area contributed by atoms with Gasteiger partial charge in [0.15, 0.2) is 0 Å². The Balaban J connectivity index is 3.71. The second kappa shape index (κ2) is 26.0. The summed E-state index contributed by atoms with van der Waals surface area (Å²) >= 11 is 0. The summed E-state index contributed by atoms with van der Waals surface area (Å²) in [5, 5.41) is 0. The average molecular weight is 501 g/mol. The van der Waals surface area contributed by atoms with Crippen molar-refractivity contribution in [3.8, 4) is 0 Å². The highest BCUT2D eigenvalue weighted by molar-refractivity contribution is 7.55. The highest BCUT2D eigenvalue weighted by Gasteiger charge is 2.11. The highest BCUT2D eigenvalue weighted by atomic mass is 31.2. The van der Waals surface area contributed by atoms with E-state index in [1.54, 1.807) is 0 Å². The topological polar surface area (TPSA) is 57.5 Å². The van der Waals surface area contributed by atoms with Gasteiger partial charge in [-0.25, -0.2) is 0 Å². The molecular formula is C30H61O3P. The second-order valence-electron chi connectivity index (χ2n) is 10.7. The lowest BCUT2D eigenvalue weighted by Crippen LogP contribution is -1.89. The molecule has 4 heteroatoms. The van der Waals surface area contributed by atoms with Crippen molar-refractivity contribution in [3.05, 3.63) is 11.4 Å². The van der Waals surface area contributed by atoms with E-state index >= 15 is 0 Å². The molecule has 0 heterocycles. The fourth-order valence-corrected chi connectivity index (χ4v) is 5.61. The van der Waals surface area contributed by atoms with Crippen LogP contribution in [0.5, 0.6) is 0 Å². The predicted octanol–water partition coefficient (Wildman–Crippen LogP) is 11.2. The van der Waals surface area contributed by atoms with Crippen LogP contribution in [0.2, 0.25) is 0 Å². The molecule has 2 N–H and O–H groups in total. The van der Waals surface area contributed by atoms with Crippen molar-refractivity contribution in [1.29, 1.82) is 0 Å². The van der Waals surface area contributed by atoms with Gasteiger partial charge in [0, 0.05) is 5.82 Å². The van der Waals surface area contributed by atoms with Crippen LogP contribution in [-0.4, -0.2) is 9.79 Å². The van der Waals surface area contributed by atoms with Gasteiger partial charge in [-0.1, -0.05) is 161 Å². The quantitative estimate of drug-likeness (QED) is 0.0870. The lowest BCUT2D eigenvalue weighted by atomic mass is 10.00.